The molecule has 6 nitrogen and oxygen atoms in total. The Morgan fingerprint density at radius 3 is 2.66 bits per heavy atom. The molecule has 1 fully saturated rings. The molecule has 0 saturated carbocycles. The van der Waals surface area contributed by atoms with Crippen LogP contribution in [0.1, 0.15) is 36.6 Å². The maximum atomic E-state index is 4.53. The third-order valence-corrected chi connectivity index (χ3v) is 6.08. The molecule has 1 aliphatic rings. The summed E-state index contributed by atoms with van der Waals surface area (Å²) >= 11 is 0. The number of aromatic nitrogens is 4. The van der Waals surface area contributed by atoms with Gasteiger partial charge in [-0.1, -0.05) is 19.6 Å². The van der Waals surface area contributed by atoms with Crippen LogP contribution in [-0.4, -0.2) is 38.2 Å². The highest BCUT2D eigenvalue weighted by Gasteiger charge is 2.14. The highest BCUT2D eigenvalue weighted by molar-refractivity contribution is 5.95. The zero-order chi connectivity index (χ0) is 21.9. The maximum absolute atomic E-state index is 4.53. The van der Waals surface area contributed by atoms with Crippen molar-refractivity contribution in [2.24, 2.45) is 0 Å². The van der Waals surface area contributed by atoms with Gasteiger partial charge >= 0.3 is 0 Å². The fourth-order valence-electron chi connectivity index (χ4n) is 4.34. The van der Waals surface area contributed by atoms with Gasteiger partial charge in [0.1, 0.15) is 5.69 Å². The summed E-state index contributed by atoms with van der Waals surface area (Å²) in [6.07, 6.45) is 11.1. The number of hydrogen-bond acceptors (Lipinski definition) is 5. The molecular weight excluding hydrogens is 396 g/mol. The molecule has 1 saturated heterocycles. The van der Waals surface area contributed by atoms with E-state index in [1.54, 1.807) is 0 Å². The van der Waals surface area contributed by atoms with E-state index in [-0.39, 0.29) is 0 Å². The Balaban J connectivity index is 1.42. The number of aromatic amines is 1. The van der Waals surface area contributed by atoms with Crippen molar-refractivity contribution in [3.8, 4) is 11.1 Å². The SMILES string of the molecule is C=C(Nc1cncc(CC)c1)c1n[nH]c2ccc(-c3cncc(CN4CCCC4)c3)cc12. The van der Waals surface area contributed by atoms with Crippen molar-refractivity contribution in [2.45, 2.75) is 32.7 Å². The van der Waals surface area contributed by atoms with Crippen molar-refractivity contribution in [3.63, 3.8) is 0 Å². The minimum atomic E-state index is 0.740. The Kier molecular flexibility index (Phi) is 5.69. The molecule has 6 heteroatoms. The van der Waals surface area contributed by atoms with Crippen LogP contribution in [0.2, 0.25) is 0 Å². The predicted octanol–water partition coefficient (Wildman–Crippen LogP) is 5.26. The minimum absolute atomic E-state index is 0.740. The first kappa shape index (κ1) is 20.4. The Hall–Kier alpha value is -3.51. The molecule has 0 aliphatic carbocycles. The van der Waals surface area contributed by atoms with Crippen LogP contribution in [0.25, 0.3) is 27.7 Å². The summed E-state index contributed by atoms with van der Waals surface area (Å²) in [5, 5.41) is 12.0. The highest BCUT2D eigenvalue weighted by Crippen LogP contribution is 2.29. The fourth-order valence-corrected chi connectivity index (χ4v) is 4.34. The molecule has 0 atom stereocenters. The van der Waals surface area contributed by atoms with Gasteiger partial charge in [0.05, 0.1) is 23.1 Å². The van der Waals surface area contributed by atoms with Gasteiger partial charge in [-0.15, -0.1) is 0 Å². The lowest BCUT2D eigenvalue weighted by Gasteiger charge is -2.15. The van der Waals surface area contributed by atoms with Gasteiger partial charge in [-0.05, 0) is 73.3 Å². The molecule has 1 aromatic carbocycles. The average molecular weight is 425 g/mol. The smallest absolute Gasteiger partial charge is 0.116 e. The normalized spacial score (nSPS) is 14.2. The summed E-state index contributed by atoms with van der Waals surface area (Å²) in [4.78, 5) is 11.3. The molecule has 0 bridgehead atoms. The Morgan fingerprint density at radius 1 is 1.00 bits per heavy atom. The highest BCUT2D eigenvalue weighted by atomic mass is 15.1. The van der Waals surface area contributed by atoms with Crippen molar-refractivity contribution < 1.29 is 0 Å². The molecule has 0 amide bonds. The van der Waals surface area contributed by atoms with Crippen molar-refractivity contribution >= 4 is 22.3 Å². The predicted molar refractivity (Wildman–Crippen MR) is 130 cm³/mol. The number of benzene rings is 1. The maximum Gasteiger partial charge on any atom is 0.116 e. The van der Waals surface area contributed by atoms with Crippen molar-refractivity contribution in [2.75, 3.05) is 18.4 Å². The average Bonchev–Trinajstić information content (AvgIpc) is 3.49. The molecule has 4 aromatic rings. The number of nitrogens with one attached hydrogen (secondary N) is 2. The van der Waals surface area contributed by atoms with Crippen LogP contribution in [0.3, 0.4) is 0 Å². The fraction of sp³-hybridized carbons (Fsp3) is 0.269. The molecular formula is C26H28N6. The molecule has 0 radical (unpaired) electrons. The standard InChI is InChI=1S/C26H28N6/c1-3-19-11-23(16-28-13-19)29-18(2)26-24-12-21(6-7-25(24)30-31-26)22-10-20(14-27-15-22)17-32-8-4-5-9-32/h6-7,10-16,29H,2-5,8-9,17H2,1H3,(H,30,31). The monoisotopic (exact) mass is 424 g/mol. The summed E-state index contributed by atoms with van der Waals surface area (Å²) in [6.45, 7) is 9.68. The van der Waals surface area contributed by atoms with Crippen molar-refractivity contribution in [1.29, 1.82) is 0 Å². The van der Waals surface area contributed by atoms with Crippen molar-refractivity contribution in [3.05, 3.63) is 78.5 Å². The van der Waals surface area contributed by atoms with Crippen LogP contribution in [0.5, 0.6) is 0 Å². The van der Waals surface area contributed by atoms with Gasteiger partial charge in [0.15, 0.2) is 0 Å². The lowest BCUT2D eigenvalue weighted by atomic mass is 10.0. The van der Waals surface area contributed by atoms with E-state index >= 15 is 0 Å². The zero-order valence-corrected chi connectivity index (χ0v) is 18.4. The van der Waals surface area contributed by atoms with Gasteiger partial charge in [0.25, 0.3) is 0 Å². The van der Waals surface area contributed by atoms with Crippen LogP contribution < -0.4 is 5.32 Å². The molecule has 2 N–H and O–H groups in total. The quantitative estimate of drug-likeness (QED) is 0.423. The third-order valence-electron chi connectivity index (χ3n) is 6.08. The number of nitrogens with zero attached hydrogens (tertiary/aromatic N) is 4. The summed E-state index contributed by atoms with van der Waals surface area (Å²) in [7, 11) is 0. The van der Waals surface area contributed by atoms with Crippen LogP contribution in [-0.2, 0) is 13.0 Å². The zero-order valence-electron chi connectivity index (χ0n) is 18.4. The van der Waals surface area contributed by atoms with E-state index in [4.69, 9.17) is 0 Å². The molecule has 0 spiro atoms. The van der Waals surface area contributed by atoms with E-state index in [0.717, 1.165) is 52.1 Å². The molecule has 4 heterocycles. The summed E-state index contributed by atoms with van der Waals surface area (Å²) in [5.74, 6) is 0. The summed E-state index contributed by atoms with van der Waals surface area (Å²) in [6, 6.07) is 10.7. The number of anilines is 1. The van der Waals surface area contributed by atoms with Crippen molar-refractivity contribution in [1.82, 2.24) is 25.1 Å². The number of aryl methyl sites for hydroxylation is 1. The van der Waals surface area contributed by atoms with Crippen LogP contribution >= 0.6 is 0 Å². The van der Waals surface area contributed by atoms with Gasteiger partial charge in [-0.25, -0.2) is 0 Å². The molecule has 32 heavy (non-hydrogen) atoms. The molecule has 0 unspecified atom stereocenters. The van der Waals surface area contributed by atoms with Gasteiger partial charge in [-0.3, -0.25) is 20.0 Å². The minimum Gasteiger partial charge on any atom is -0.353 e. The van der Waals surface area contributed by atoms with Crippen LogP contribution in [0.15, 0.2) is 61.7 Å². The topological polar surface area (TPSA) is 69.7 Å². The Labute approximate surface area is 188 Å². The second kappa shape index (κ2) is 8.93. The number of H-pyrrole nitrogens is 1. The second-order valence-corrected chi connectivity index (χ2v) is 8.44. The van der Waals surface area contributed by atoms with E-state index in [9.17, 15) is 0 Å². The van der Waals surface area contributed by atoms with E-state index < -0.39 is 0 Å². The van der Waals surface area contributed by atoms with Gasteiger partial charge in [0.2, 0.25) is 0 Å². The number of likely N-dealkylation sites (tertiary alicyclic amines) is 1. The number of pyridine rings is 2. The number of hydrogen-bond donors (Lipinski definition) is 2. The first-order valence-electron chi connectivity index (χ1n) is 11.2. The number of rotatable bonds is 7. The molecule has 3 aromatic heterocycles. The molecule has 162 valence electrons. The van der Waals surface area contributed by atoms with Gasteiger partial charge < -0.3 is 5.32 Å². The Bertz CT molecular complexity index is 1250. The lowest BCUT2D eigenvalue weighted by Crippen LogP contribution is -2.18. The van der Waals surface area contributed by atoms with Gasteiger partial charge in [-0.2, -0.15) is 5.10 Å². The van der Waals surface area contributed by atoms with E-state index in [0.29, 0.717) is 0 Å². The largest absolute Gasteiger partial charge is 0.353 e. The van der Waals surface area contributed by atoms with E-state index in [1.165, 1.54) is 37.1 Å². The lowest BCUT2D eigenvalue weighted by molar-refractivity contribution is 0.331. The first-order valence-corrected chi connectivity index (χ1v) is 11.2. The van der Waals surface area contributed by atoms with E-state index in [1.807, 2.05) is 24.8 Å². The molecule has 1 aliphatic heterocycles. The Morgan fingerprint density at radius 2 is 1.81 bits per heavy atom. The van der Waals surface area contributed by atoms with Crippen LogP contribution in [0, 0.1) is 0 Å². The second-order valence-electron chi connectivity index (χ2n) is 8.44. The first-order chi connectivity index (χ1) is 15.7. The summed E-state index contributed by atoms with van der Waals surface area (Å²) in [5.41, 5.74) is 8.13. The van der Waals surface area contributed by atoms with Crippen LogP contribution in [0.4, 0.5) is 5.69 Å². The summed E-state index contributed by atoms with van der Waals surface area (Å²) < 4.78 is 0. The van der Waals surface area contributed by atoms with Gasteiger partial charge in [0, 0.05) is 36.1 Å². The third kappa shape index (κ3) is 4.27. The number of fused-ring (bicyclic) bond motifs is 1. The van der Waals surface area contributed by atoms with E-state index in [2.05, 4.69) is 74.2 Å². The molecule has 5 rings (SSSR count).